The lowest BCUT2D eigenvalue weighted by atomic mass is 10.1. The van der Waals surface area contributed by atoms with Crippen molar-refractivity contribution in [3.63, 3.8) is 0 Å². The Kier molecular flexibility index (Phi) is 3.50. The van der Waals surface area contributed by atoms with Crippen LogP contribution in [0.2, 0.25) is 0 Å². The third-order valence-electron chi connectivity index (χ3n) is 2.80. The molecule has 0 spiro atoms. The maximum Gasteiger partial charge on any atom is 0.223 e. The molecule has 0 saturated carbocycles. The fraction of sp³-hybridized carbons (Fsp3) is 0.308. The van der Waals surface area contributed by atoms with Gasteiger partial charge in [0.25, 0.3) is 0 Å². The van der Waals surface area contributed by atoms with Crippen molar-refractivity contribution in [2.45, 2.75) is 26.8 Å². The molecule has 0 aliphatic rings. The average molecular weight is 246 g/mol. The Morgan fingerprint density at radius 1 is 1.22 bits per heavy atom. The summed E-state index contributed by atoms with van der Waals surface area (Å²) in [6, 6.07) is 1.35. The Balaban J connectivity index is 2.16. The molecular formula is C13H15FN4. The van der Waals surface area contributed by atoms with E-state index in [1.165, 1.54) is 12.3 Å². The van der Waals surface area contributed by atoms with Crippen LogP contribution in [0.25, 0.3) is 0 Å². The van der Waals surface area contributed by atoms with Gasteiger partial charge in [-0.25, -0.2) is 14.4 Å². The van der Waals surface area contributed by atoms with Gasteiger partial charge >= 0.3 is 0 Å². The summed E-state index contributed by atoms with van der Waals surface area (Å²) in [4.78, 5) is 12.3. The van der Waals surface area contributed by atoms with Crippen LogP contribution in [-0.2, 0) is 0 Å². The predicted octanol–water partition coefficient (Wildman–Crippen LogP) is 2.80. The maximum atomic E-state index is 13.1. The number of anilines is 1. The molecule has 4 nitrogen and oxygen atoms in total. The first-order chi connectivity index (χ1) is 8.56. The van der Waals surface area contributed by atoms with Crippen molar-refractivity contribution in [2.24, 2.45) is 0 Å². The zero-order chi connectivity index (χ0) is 13.1. The fourth-order valence-corrected chi connectivity index (χ4v) is 1.54. The van der Waals surface area contributed by atoms with E-state index in [9.17, 15) is 4.39 Å². The Bertz CT molecular complexity index is 556. The molecule has 1 unspecified atom stereocenters. The van der Waals surface area contributed by atoms with Crippen molar-refractivity contribution in [1.82, 2.24) is 15.0 Å². The first-order valence-electron chi connectivity index (χ1n) is 5.73. The minimum Gasteiger partial charge on any atom is -0.348 e. The van der Waals surface area contributed by atoms with Gasteiger partial charge < -0.3 is 5.32 Å². The van der Waals surface area contributed by atoms with E-state index >= 15 is 0 Å². The number of hydrogen-bond donors (Lipinski definition) is 1. The number of hydrogen-bond acceptors (Lipinski definition) is 4. The quantitative estimate of drug-likeness (QED) is 0.904. The summed E-state index contributed by atoms with van der Waals surface area (Å²) in [5.41, 5.74) is 2.73. The number of rotatable bonds is 3. The fourth-order valence-electron chi connectivity index (χ4n) is 1.54. The van der Waals surface area contributed by atoms with Crippen LogP contribution in [-0.4, -0.2) is 15.0 Å². The highest BCUT2D eigenvalue weighted by Crippen LogP contribution is 2.17. The molecule has 2 aromatic heterocycles. The van der Waals surface area contributed by atoms with Crippen molar-refractivity contribution in [2.75, 3.05) is 5.32 Å². The van der Waals surface area contributed by atoms with Gasteiger partial charge in [-0.15, -0.1) is 0 Å². The van der Waals surface area contributed by atoms with Gasteiger partial charge in [0.2, 0.25) is 5.95 Å². The van der Waals surface area contributed by atoms with Crippen molar-refractivity contribution in [3.05, 3.63) is 47.3 Å². The summed E-state index contributed by atoms with van der Waals surface area (Å²) in [6.45, 7) is 5.80. The van der Waals surface area contributed by atoms with E-state index < -0.39 is 0 Å². The summed E-state index contributed by atoms with van der Waals surface area (Å²) in [5, 5.41) is 3.12. The number of aryl methyl sites for hydroxylation is 2. The lowest BCUT2D eigenvalue weighted by Crippen LogP contribution is -2.10. The smallest absolute Gasteiger partial charge is 0.223 e. The Morgan fingerprint density at radius 3 is 2.67 bits per heavy atom. The molecule has 2 heterocycles. The highest BCUT2D eigenvalue weighted by Gasteiger charge is 2.08. The van der Waals surface area contributed by atoms with Crippen LogP contribution in [0.5, 0.6) is 0 Å². The number of pyridine rings is 1. The molecule has 0 saturated heterocycles. The van der Waals surface area contributed by atoms with Crippen molar-refractivity contribution in [3.8, 4) is 0 Å². The van der Waals surface area contributed by atoms with Gasteiger partial charge in [-0.1, -0.05) is 0 Å². The Hall–Kier alpha value is -2.04. The number of nitrogens with one attached hydrogen (secondary N) is 1. The predicted molar refractivity (Wildman–Crippen MR) is 67.7 cm³/mol. The highest BCUT2D eigenvalue weighted by atomic mass is 19.1. The second kappa shape index (κ2) is 5.08. The second-order valence-electron chi connectivity index (χ2n) is 4.26. The van der Waals surface area contributed by atoms with E-state index in [0.29, 0.717) is 5.95 Å². The maximum absolute atomic E-state index is 13.1. The molecule has 18 heavy (non-hydrogen) atoms. The molecule has 0 amide bonds. The minimum absolute atomic E-state index is 0.102. The Morgan fingerprint density at radius 2 is 2.00 bits per heavy atom. The molecule has 2 rings (SSSR count). The van der Waals surface area contributed by atoms with Gasteiger partial charge in [0.05, 0.1) is 12.2 Å². The topological polar surface area (TPSA) is 50.7 Å². The molecule has 94 valence electrons. The molecule has 0 radical (unpaired) electrons. The lowest BCUT2D eigenvalue weighted by molar-refractivity contribution is 0.616. The number of nitrogens with zero attached hydrogens (tertiary/aromatic N) is 3. The minimum atomic E-state index is -0.345. The normalized spacial score (nSPS) is 12.2. The third kappa shape index (κ3) is 2.80. The molecule has 1 N–H and O–H groups in total. The zero-order valence-corrected chi connectivity index (χ0v) is 10.6. The van der Waals surface area contributed by atoms with Crippen molar-refractivity contribution in [1.29, 1.82) is 0 Å². The summed E-state index contributed by atoms with van der Waals surface area (Å²) in [7, 11) is 0. The first kappa shape index (κ1) is 12.4. The second-order valence-corrected chi connectivity index (χ2v) is 4.26. The first-order valence-corrected chi connectivity index (χ1v) is 5.73. The van der Waals surface area contributed by atoms with Crippen LogP contribution in [0.15, 0.2) is 24.7 Å². The van der Waals surface area contributed by atoms with Crippen LogP contribution in [0.3, 0.4) is 0 Å². The zero-order valence-electron chi connectivity index (χ0n) is 10.6. The van der Waals surface area contributed by atoms with Crippen molar-refractivity contribution < 1.29 is 4.39 Å². The molecule has 5 heteroatoms. The van der Waals surface area contributed by atoms with E-state index in [1.807, 2.05) is 20.8 Å². The van der Waals surface area contributed by atoms with E-state index in [1.54, 1.807) is 12.4 Å². The average Bonchev–Trinajstić information content (AvgIpc) is 2.34. The Labute approximate surface area is 105 Å². The largest absolute Gasteiger partial charge is 0.348 e. The number of aromatic nitrogens is 3. The molecule has 1 atom stereocenters. The van der Waals surface area contributed by atoms with E-state index in [-0.39, 0.29) is 11.9 Å². The van der Waals surface area contributed by atoms with E-state index in [0.717, 1.165) is 16.8 Å². The summed E-state index contributed by atoms with van der Waals surface area (Å²) in [6.07, 6.45) is 4.58. The van der Waals surface area contributed by atoms with Gasteiger partial charge in [0.1, 0.15) is 5.82 Å². The molecule has 2 aromatic rings. The van der Waals surface area contributed by atoms with Crippen LogP contribution >= 0.6 is 0 Å². The van der Waals surface area contributed by atoms with Crippen LogP contribution in [0.4, 0.5) is 10.3 Å². The third-order valence-corrected chi connectivity index (χ3v) is 2.80. The molecule has 0 aromatic carbocycles. The van der Waals surface area contributed by atoms with Gasteiger partial charge in [0.15, 0.2) is 0 Å². The molecule has 0 fully saturated rings. The van der Waals surface area contributed by atoms with Gasteiger partial charge in [-0.3, -0.25) is 4.98 Å². The molecule has 0 aliphatic carbocycles. The lowest BCUT2D eigenvalue weighted by Gasteiger charge is -2.14. The van der Waals surface area contributed by atoms with Crippen LogP contribution in [0, 0.1) is 19.7 Å². The van der Waals surface area contributed by atoms with Crippen LogP contribution < -0.4 is 5.32 Å². The van der Waals surface area contributed by atoms with E-state index in [2.05, 4.69) is 20.3 Å². The van der Waals surface area contributed by atoms with Gasteiger partial charge in [0, 0.05) is 18.1 Å². The standard InChI is InChI=1S/C13H15FN4/c1-8-5-16-13(17-9(8)2)18-10(3)11-4-12(14)7-15-6-11/h4-7,10H,1-3H3,(H,16,17,18). The molecular weight excluding hydrogens is 231 g/mol. The number of halogens is 1. The summed E-state index contributed by atoms with van der Waals surface area (Å²) < 4.78 is 13.1. The molecule has 0 aliphatic heterocycles. The highest BCUT2D eigenvalue weighted by molar-refractivity contribution is 5.32. The monoisotopic (exact) mass is 246 g/mol. The van der Waals surface area contributed by atoms with Crippen LogP contribution in [0.1, 0.15) is 29.8 Å². The summed E-state index contributed by atoms with van der Waals surface area (Å²) >= 11 is 0. The van der Waals surface area contributed by atoms with Gasteiger partial charge in [-0.2, -0.15) is 0 Å². The molecule has 0 bridgehead atoms. The SMILES string of the molecule is Cc1cnc(NC(C)c2cncc(F)c2)nc1C. The van der Waals surface area contributed by atoms with E-state index in [4.69, 9.17) is 0 Å². The van der Waals surface area contributed by atoms with Gasteiger partial charge in [-0.05, 0) is 38.0 Å². The van der Waals surface area contributed by atoms with Crippen molar-refractivity contribution >= 4 is 5.95 Å². The summed E-state index contributed by atoms with van der Waals surface area (Å²) in [5.74, 6) is 0.192.